The van der Waals surface area contributed by atoms with Crippen molar-refractivity contribution in [2.75, 3.05) is 30.3 Å². The van der Waals surface area contributed by atoms with E-state index >= 15 is 0 Å². The van der Waals surface area contributed by atoms with Crippen molar-refractivity contribution in [1.82, 2.24) is 4.98 Å². The molecule has 1 aliphatic heterocycles. The molecule has 11 heteroatoms. The van der Waals surface area contributed by atoms with Crippen molar-refractivity contribution in [2.24, 2.45) is 0 Å². The minimum Gasteiger partial charge on any atom is -0.495 e. The van der Waals surface area contributed by atoms with Crippen LogP contribution in [0.15, 0.2) is 46.1 Å². The summed E-state index contributed by atoms with van der Waals surface area (Å²) in [5.41, 5.74) is 2.13. The van der Waals surface area contributed by atoms with Gasteiger partial charge in [0.05, 0.1) is 30.7 Å². The smallest absolute Gasteiger partial charge is 0.231 e. The maximum absolute atomic E-state index is 12.6. The Bertz CT molecular complexity index is 1240. The normalized spacial score (nSPS) is 11.7. The van der Waals surface area contributed by atoms with Crippen LogP contribution in [0.3, 0.4) is 0 Å². The third kappa shape index (κ3) is 5.86. The molecule has 2 N–H and O–H groups in total. The van der Waals surface area contributed by atoms with Crippen molar-refractivity contribution >= 4 is 52.1 Å². The van der Waals surface area contributed by atoms with E-state index in [1.165, 1.54) is 37.1 Å². The Morgan fingerprint density at radius 2 is 1.94 bits per heavy atom. The molecule has 2 amide bonds. The van der Waals surface area contributed by atoms with Crippen LogP contribution in [0, 0.1) is 0 Å². The molecule has 0 saturated carbocycles. The first-order valence-corrected chi connectivity index (χ1v) is 12.0. The molecule has 0 atom stereocenters. The lowest BCUT2D eigenvalue weighted by molar-refractivity contribution is -0.116. The number of hydrogen-bond acceptors (Lipinski definition) is 9. The third-order valence-corrected chi connectivity index (χ3v) is 6.76. The number of anilines is 2. The number of ether oxygens (including phenoxy) is 3. The number of carbonyl (C=O) groups excluding carboxylic acids is 3. The standard InChI is InChI=1S/C23H21N3O6S2/c1-13(27)24-15-4-6-19(30-2)17(8-15)26-22(29)9-16-10-33-23(25-16)34-11-18(28)14-3-5-20-21(7-14)32-12-31-20/h3-8,10H,9,11-12H2,1-2H3,(H,24,27)(H,26,29). The van der Waals surface area contributed by atoms with Gasteiger partial charge < -0.3 is 24.8 Å². The summed E-state index contributed by atoms with van der Waals surface area (Å²) >= 11 is 2.69. The van der Waals surface area contributed by atoms with Gasteiger partial charge in [0.15, 0.2) is 21.6 Å². The molecule has 2 aromatic carbocycles. The molecule has 0 spiro atoms. The first kappa shape index (κ1) is 23.6. The molecule has 176 valence electrons. The zero-order valence-corrected chi connectivity index (χ0v) is 20.0. The minimum absolute atomic E-state index is 0.0519. The van der Waals surface area contributed by atoms with E-state index in [0.29, 0.717) is 44.2 Å². The molecule has 1 aromatic heterocycles. The predicted molar refractivity (Wildman–Crippen MR) is 129 cm³/mol. The van der Waals surface area contributed by atoms with E-state index in [1.807, 2.05) is 0 Å². The molecule has 9 nitrogen and oxygen atoms in total. The number of fused-ring (bicyclic) bond motifs is 1. The Kier molecular flexibility index (Phi) is 7.33. The summed E-state index contributed by atoms with van der Waals surface area (Å²) in [5.74, 6) is 1.34. The lowest BCUT2D eigenvalue weighted by Gasteiger charge is -2.12. The average molecular weight is 500 g/mol. The number of amides is 2. The quantitative estimate of drug-likeness (QED) is 0.335. The van der Waals surface area contributed by atoms with Gasteiger partial charge >= 0.3 is 0 Å². The van der Waals surface area contributed by atoms with Gasteiger partial charge in [0, 0.05) is 23.6 Å². The van der Waals surface area contributed by atoms with E-state index in [0.717, 1.165) is 0 Å². The summed E-state index contributed by atoms with van der Waals surface area (Å²) in [7, 11) is 1.50. The van der Waals surface area contributed by atoms with E-state index in [4.69, 9.17) is 14.2 Å². The molecule has 3 aromatic rings. The summed E-state index contributed by atoms with van der Waals surface area (Å²) in [5, 5.41) is 7.25. The van der Waals surface area contributed by atoms with Gasteiger partial charge in [0.1, 0.15) is 5.75 Å². The lowest BCUT2D eigenvalue weighted by atomic mass is 10.1. The van der Waals surface area contributed by atoms with Gasteiger partial charge in [-0.2, -0.15) is 0 Å². The maximum atomic E-state index is 12.6. The number of nitrogens with one attached hydrogen (secondary N) is 2. The van der Waals surface area contributed by atoms with E-state index in [1.54, 1.807) is 41.8 Å². The van der Waals surface area contributed by atoms with Gasteiger partial charge in [-0.05, 0) is 36.4 Å². The first-order valence-electron chi connectivity index (χ1n) is 10.2. The predicted octanol–water partition coefficient (Wildman–Crippen LogP) is 4.00. The highest BCUT2D eigenvalue weighted by Crippen LogP contribution is 2.33. The van der Waals surface area contributed by atoms with Crippen molar-refractivity contribution in [3.8, 4) is 17.2 Å². The molecular formula is C23H21N3O6S2. The minimum atomic E-state index is -0.281. The fraction of sp³-hybridized carbons (Fsp3) is 0.217. The Labute approximate surface area is 203 Å². The molecular weight excluding hydrogens is 478 g/mol. The largest absolute Gasteiger partial charge is 0.495 e. The van der Waals surface area contributed by atoms with E-state index in [-0.39, 0.29) is 36.6 Å². The van der Waals surface area contributed by atoms with Crippen LogP contribution in [0.25, 0.3) is 0 Å². The molecule has 34 heavy (non-hydrogen) atoms. The second-order valence-electron chi connectivity index (χ2n) is 7.21. The van der Waals surface area contributed by atoms with Gasteiger partial charge in [-0.25, -0.2) is 4.98 Å². The number of rotatable bonds is 9. The van der Waals surface area contributed by atoms with Gasteiger partial charge in [-0.15, -0.1) is 11.3 Å². The number of Topliss-reactive ketones (excluding diaryl/α,β-unsaturated/α-hetero) is 1. The average Bonchev–Trinajstić information content (AvgIpc) is 3.46. The Balaban J connectivity index is 1.32. The first-order chi connectivity index (χ1) is 16.4. The Morgan fingerprint density at radius 3 is 2.74 bits per heavy atom. The van der Waals surface area contributed by atoms with E-state index in [9.17, 15) is 14.4 Å². The lowest BCUT2D eigenvalue weighted by Crippen LogP contribution is -2.15. The molecule has 4 rings (SSSR count). The van der Waals surface area contributed by atoms with Crippen LogP contribution >= 0.6 is 23.1 Å². The number of ketones is 1. The Hall–Kier alpha value is -3.57. The fourth-order valence-electron chi connectivity index (χ4n) is 3.16. The highest BCUT2D eigenvalue weighted by atomic mass is 32.2. The van der Waals surface area contributed by atoms with Crippen molar-refractivity contribution in [3.63, 3.8) is 0 Å². The van der Waals surface area contributed by atoms with Crippen molar-refractivity contribution in [1.29, 1.82) is 0 Å². The molecule has 2 heterocycles. The number of methoxy groups -OCH3 is 1. The number of aromatic nitrogens is 1. The van der Waals surface area contributed by atoms with Crippen molar-refractivity contribution in [2.45, 2.75) is 17.7 Å². The van der Waals surface area contributed by atoms with Crippen LogP contribution in [-0.2, 0) is 16.0 Å². The van der Waals surface area contributed by atoms with Gasteiger partial charge in [-0.1, -0.05) is 11.8 Å². The van der Waals surface area contributed by atoms with Crippen molar-refractivity contribution < 1.29 is 28.6 Å². The second-order valence-corrected chi connectivity index (χ2v) is 9.29. The summed E-state index contributed by atoms with van der Waals surface area (Å²) in [4.78, 5) is 40.8. The number of thioether (sulfide) groups is 1. The SMILES string of the molecule is COc1ccc(NC(C)=O)cc1NC(=O)Cc1csc(SCC(=O)c2ccc3c(c2)OCO3)n1. The van der Waals surface area contributed by atoms with Crippen LogP contribution < -0.4 is 24.8 Å². The van der Waals surface area contributed by atoms with Crippen LogP contribution in [0.1, 0.15) is 23.0 Å². The molecule has 1 aliphatic rings. The zero-order valence-electron chi connectivity index (χ0n) is 18.4. The highest BCUT2D eigenvalue weighted by Gasteiger charge is 2.17. The summed E-state index contributed by atoms with van der Waals surface area (Å²) in [6, 6.07) is 10.1. The third-order valence-electron chi connectivity index (χ3n) is 4.69. The monoisotopic (exact) mass is 499 g/mol. The highest BCUT2D eigenvalue weighted by molar-refractivity contribution is 8.01. The van der Waals surface area contributed by atoms with Gasteiger partial charge in [0.25, 0.3) is 0 Å². The molecule has 0 bridgehead atoms. The van der Waals surface area contributed by atoms with Crippen LogP contribution in [-0.4, -0.2) is 42.2 Å². The van der Waals surface area contributed by atoms with Crippen LogP contribution in [0.2, 0.25) is 0 Å². The molecule has 0 radical (unpaired) electrons. The van der Waals surface area contributed by atoms with E-state index < -0.39 is 0 Å². The summed E-state index contributed by atoms with van der Waals surface area (Å²) in [6.07, 6.45) is 0.0562. The second kappa shape index (κ2) is 10.6. The van der Waals surface area contributed by atoms with Crippen LogP contribution in [0.4, 0.5) is 11.4 Å². The number of carbonyl (C=O) groups is 3. The van der Waals surface area contributed by atoms with E-state index in [2.05, 4.69) is 15.6 Å². The number of hydrogen-bond donors (Lipinski definition) is 2. The number of thiazole rings is 1. The molecule has 0 fully saturated rings. The van der Waals surface area contributed by atoms with Crippen LogP contribution in [0.5, 0.6) is 17.2 Å². The summed E-state index contributed by atoms with van der Waals surface area (Å²) < 4.78 is 16.6. The molecule has 0 aliphatic carbocycles. The Morgan fingerprint density at radius 1 is 1.12 bits per heavy atom. The van der Waals surface area contributed by atoms with Gasteiger partial charge in [0.2, 0.25) is 18.6 Å². The topological polar surface area (TPSA) is 116 Å². The summed E-state index contributed by atoms with van der Waals surface area (Å²) in [6.45, 7) is 1.56. The number of benzene rings is 2. The fourth-order valence-corrected chi connectivity index (χ4v) is 4.90. The number of nitrogens with zero attached hydrogens (tertiary/aromatic N) is 1. The maximum Gasteiger partial charge on any atom is 0.231 e. The van der Waals surface area contributed by atoms with Gasteiger partial charge in [-0.3, -0.25) is 14.4 Å². The van der Waals surface area contributed by atoms with Crippen molar-refractivity contribution in [3.05, 3.63) is 53.0 Å². The zero-order chi connectivity index (χ0) is 24.1. The molecule has 0 saturated heterocycles. The molecule has 0 unspecified atom stereocenters.